The number of benzene rings is 2. The molecule has 0 aromatic heterocycles. The van der Waals surface area contributed by atoms with Gasteiger partial charge in [-0.15, -0.1) is 0 Å². The van der Waals surface area contributed by atoms with Crippen LogP contribution in [0.5, 0.6) is 11.5 Å². The molecule has 0 saturated carbocycles. The second-order valence-electron chi connectivity index (χ2n) is 3.49. The van der Waals surface area contributed by atoms with E-state index in [1.54, 1.807) is 19.2 Å². The zero-order valence-corrected chi connectivity index (χ0v) is 11.5. The van der Waals surface area contributed by atoms with Gasteiger partial charge >= 0.3 is 0 Å². The van der Waals surface area contributed by atoms with E-state index in [0.717, 1.165) is 0 Å². The molecule has 2 aromatic carbocycles. The standard InChI is InChI=1S/C14H13NO2.C2H6/c1-15-14(16)12-9-5-6-10-13(12)17-11-7-3-2-4-8-11;1-2/h2-10H,1H3,(H,15,16);1-2H3. The summed E-state index contributed by atoms with van der Waals surface area (Å²) in [7, 11) is 1.60. The van der Waals surface area contributed by atoms with Crippen LogP contribution in [0.4, 0.5) is 0 Å². The molecule has 0 fully saturated rings. The molecule has 0 aliphatic rings. The number of nitrogens with one attached hydrogen (secondary N) is 1. The van der Waals surface area contributed by atoms with Gasteiger partial charge in [0, 0.05) is 7.05 Å². The Kier molecular flexibility index (Phi) is 6.16. The largest absolute Gasteiger partial charge is 0.457 e. The third-order valence-corrected chi connectivity index (χ3v) is 2.33. The number of hydrogen-bond acceptors (Lipinski definition) is 2. The molecule has 3 heteroatoms. The van der Waals surface area contributed by atoms with Gasteiger partial charge in [-0.05, 0) is 24.3 Å². The first-order valence-corrected chi connectivity index (χ1v) is 6.35. The van der Waals surface area contributed by atoms with E-state index in [1.165, 1.54) is 0 Å². The second-order valence-corrected chi connectivity index (χ2v) is 3.49. The van der Waals surface area contributed by atoms with E-state index < -0.39 is 0 Å². The average Bonchev–Trinajstić information content (AvgIpc) is 2.50. The van der Waals surface area contributed by atoms with Gasteiger partial charge in [-0.25, -0.2) is 0 Å². The number of carbonyl (C=O) groups excluding carboxylic acids is 1. The van der Waals surface area contributed by atoms with Gasteiger partial charge in [-0.2, -0.15) is 0 Å². The lowest BCUT2D eigenvalue weighted by molar-refractivity contribution is 0.0961. The van der Waals surface area contributed by atoms with Gasteiger partial charge in [-0.3, -0.25) is 4.79 Å². The van der Waals surface area contributed by atoms with Gasteiger partial charge in [-0.1, -0.05) is 44.2 Å². The molecule has 2 rings (SSSR count). The quantitative estimate of drug-likeness (QED) is 0.906. The summed E-state index contributed by atoms with van der Waals surface area (Å²) in [6, 6.07) is 16.5. The summed E-state index contributed by atoms with van der Waals surface area (Å²) in [6.45, 7) is 4.00. The van der Waals surface area contributed by atoms with Crippen molar-refractivity contribution in [3.05, 3.63) is 60.2 Å². The SMILES string of the molecule is CC.CNC(=O)c1ccccc1Oc1ccccc1. The molecule has 0 unspecified atom stereocenters. The van der Waals surface area contributed by atoms with Crippen LogP contribution < -0.4 is 10.1 Å². The predicted molar refractivity (Wildman–Crippen MR) is 77.7 cm³/mol. The molecule has 3 nitrogen and oxygen atoms in total. The first-order valence-electron chi connectivity index (χ1n) is 6.35. The lowest BCUT2D eigenvalue weighted by Gasteiger charge is -2.09. The average molecular weight is 257 g/mol. The maximum atomic E-state index is 11.6. The minimum absolute atomic E-state index is 0.156. The third kappa shape index (κ3) is 4.14. The van der Waals surface area contributed by atoms with Crippen LogP contribution in [0.15, 0.2) is 54.6 Å². The zero-order chi connectivity index (χ0) is 14.1. The highest BCUT2D eigenvalue weighted by atomic mass is 16.5. The Morgan fingerprint density at radius 3 is 2.16 bits per heavy atom. The summed E-state index contributed by atoms with van der Waals surface area (Å²) in [4.78, 5) is 11.6. The molecule has 100 valence electrons. The van der Waals surface area contributed by atoms with Crippen LogP contribution in [-0.4, -0.2) is 13.0 Å². The molecule has 0 heterocycles. The fourth-order valence-corrected chi connectivity index (χ4v) is 1.49. The van der Waals surface area contributed by atoms with E-state index in [1.807, 2.05) is 56.3 Å². The van der Waals surface area contributed by atoms with Crippen molar-refractivity contribution in [3.8, 4) is 11.5 Å². The number of amides is 1. The van der Waals surface area contributed by atoms with E-state index in [-0.39, 0.29) is 5.91 Å². The van der Waals surface area contributed by atoms with Gasteiger partial charge in [0.2, 0.25) is 0 Å². The molecule has 0 aliphatic heterocycles. The minimum Gasteiger partial charge on any atom is -0.457 e. The predicted octanol–water partition coefficient (Wildman–Crippen LogP) is 3.86. The van der Waals surface area contributed by atoms with Crippen molar-refractivity contribution in [2.45, 2.75) is 13.8 Å². The molecule has 1 amide bonds. The number of hydrogen-bond donors (Lipinski definition) is 1. The van der Waals surface area contributed by atoms with Gasteiger partial charge < -0.3 is 10.1 Å². The topological polar surface area (TPSA) is 38.3 Å². The van der Waals surface area contributed by atoms with Gasteiger partial charge in [0.15, 0.2) is 0 Å². The van der Waals surface area contributed by atoms with Crippen LogP contribution in [0.3, 0.4) is 0 Å². The molecule has 0 radical (unpaired) electrons. The molecular weight excluding hydrogens is 238 g/mol. The Bertz CT molecular complexity index is 509. The van der Waals surface area contributed by atoms with Gasteiger partial charge in [0.25, 0.3) is 5.91 Å². The van der Waals surface area contributed by atoms with E-state index in [9.17, 15) is 4.79 Å². The van der Waals surface area contributed by atoms with Crippen molar-refractivity contribution in [3.63, 3.8) is 0 Å². The van der Waals surface area contributed by atoms with Crippen molar-refractivity contribution in [2.75, 3.05) is 7.05 Å². The maximum absolute atomic E-state index is 11.6. The summed E-state index contributed by atoms with van der Waals surface area (Å²) < 4.78 is 5.67. The molecule has 0 atom stereocenters. The first-order chi connectivity index (χ1) is 9.31. The van der Waals surface area contributed by atoms with Crippen molar-refractivity contribution >= 4 is 5.91 Å². The number of para-hydroxylation sites is 2. The van der Waals surface area contributed by atoms with Crippen LogP contribution in [0, 0.1) is 0 Å². The monoisotopic (exact) mass is 257 g/mol. The summed E-state index contributed by atoms with van der Waals surface area (Å²) in [6.07, 6.45) is 0. The first kappa shape index (κ1) is 14.8. The molecule has 2 aromatic rings. The molecule has 19 heavy (non-hydrogen) atoms. The normalized spacial score (nSPS) is 9.00. The summed E-state index contributed by atoms with van der Waals surface area (Å²) in [5, 5.41) is 2.59. The van der Waals surface area contributed by atoms with Crippen LogP contribution in [0.1, 0.15) is 24.2 Å². The number of rotatable bonds is 3. The van der Waals surface area contributed by atoms with E-state index in [2.05, 4.69) is 5.32 Å². The highest BCUT2D eigenvalue weighted by Gasteiger charge is 2.10. The fourth-order valence-electron chi connectivity index (χ4n) is 1.49. The second kappa shape index (κ2) is 7.93. The molecular formula is C16H19NO2. The molecule has 1 N–H and O–H groups in total. The minimum atomic E-state index is -0.156. The Labute approximate surface area is 114 Å². The highest BCUT2D eigenvalue weighted by Crippen LogP contribution is 2.24. The lowest BCUT2D eigenvalue weighted by Crippen LogP contribution is -2.18. The van der Waals surface area contributed by atoms with Crippen molar-refractivity contribution in [1.82, 2.24) is 5.32 Å². The number of ether oxygens (including phenoxy) is 1. The lowest BCUT2D eigenvalue weighted by atomic mass is 10.2. The van der Waals surface area contributed by atoms with Crippen molar-refractivity contribution in [1.29, 1.82) is 0 Å². The molecule has 0 bridgehead atoms. The van der Waals surface area contributed by atoms with Crippen LogP contribution >= 0.6 is 0 Å². The van der Waals surface area contributed by atoms with Crippen molar-refractivity contribution in [2.24, 2.45) is 0 Å². The van der Waals surface area contributed by atoms with Crippen LogP contribution in [0.2, 0.25) is 0 Å². The Morgan fingerprint density at radius 1 is 0.947 bits per heavy atom. The molecule has 0 aliphatic carbocycles. The summed E-state index contributed by atoms with van der Waals surface area (Å²) in [5.41, 5.74) is 0.527. The molecule has 0 saturated heterocycles. The highest BCUT2D eigenvalue weighted by molar-refractivity contribution is 5.96. The van der Waals surface area contributed by atoms with Crippen LogP contribution in [-0.2, 0) is 0 Å². The number of carbonyl (C=O) groups is 1. The molecule has 0 spiro atoms. The smallest absolute Gasteiger partial charge is 0.254 e. The Balaban J connectivity index is 0.000000861. The van der Waals surface area contributed by atoms with Gasteiger partial charge in [0.1, 0.15) is 11.5 Å². The maximum Gasteiger partial charge on any atom is 0.254 e. The zero-order valence-electron chi connectivity index (χ0n) is 11.5. The van der Waals surface area contributed by atoms with E-state index in [4.69, 9.17) is 4.74 Å². The Hall–Kier alpha value is -2.29. The summed E-state index contributed by atoms with van der Waals surface area (Å²) in [5.74, 6) is 1.11. The summed E-state index contributed by atoms with van der Waals surface area (Å²) >= 11 is 0. The van der Waals surface area contributed by atoms with Gasteiger partial charge in [0.05, 0.1) is 5.56 Å². The fraction of sp³-hybridized carbons (Fsp3) is 0.188. The van der Waals surface area contributed by atoms with Crippen molar-refractivity contribution < 1.29 is 9.53 Å². The van der Waals surface area contributed by atoms with E-state index >= 15 is 0 Å². The van der Waals surface area contributed by atoms with E-state index in [0.29, 0.717) is 17.1 Å². The third-order valence-electron chi connectivity index (χ3n) is 2.33. The Morgan fingerprint density at radius 2 is 1.53 bits per heavy atom. The van der Waals surface area contributed by atoms with Crippen LogP contribution in [0.25, 0.3) is 0 Å².